The molecule has 82 valence electrons. The highest BCUT2D eigenvalue weighted by Gasteiger charge is 2.16. The molecule has 1 atom stereocenters. The first kappa shape index (κ1) is 10.8. The predicted octanol–water partition coefficient (Wildman–Crippen LogP) is 3.55. The Bertz CT molecular complexity index is 349. The van der Waals surface area contributed by atoms with E-state index in [0.717, 1.165) is 11.5 Å². The maximum atomic E-state index is 5.55. The van der Waals surface area contributed by atoms with Gasteiger partial charge >= 0.3 is 0 Å². The molecule has 1 aromatic rings. The van der Waals surface area contributed by atoms with E-state index in [-0.39, 0.29) is 0 Å². The van der Waals surface area contributed by atoms with Crippen molar-refractivity contribution >= 4 is 15.9 Å². The second-order valence-corrected chi connectivity index (χ2v) is 5.04. The molecule has 0 spiro atoms. The molecule has 3 heteroatoms. The fourth-order valence-corrected chi connectivity index (χ4v) is 1.90. The molecular weight excluding hydrogens is 256 g/mol. The average molecular weight is 271 g/mol. The number of ether oxygens (including phenoxy) is 2. The number of rotatable bonds is 2. The van der Waals surface area contributed by atoms with Crippen molar-refractivity contribution in [3.63, 3.8) is 0 Å². The molecule has 1 aliphatic heterocycles. The van der Waals surface area contributed by atoms with Gasteiger partial charge in [0.25, 0.3) is 0 Å². The summed E-state index contributed by atoms with van der Waals surface area (Å²) < 4.78 is 11.0. The van der Waals surface area contributed by atoms with E-state index in [2.05, 4.69) is 41.9 Å². The smallest absolute Gasteiger partial charge is 0.161 e. The normalized spacial score (nSPS) is 16.5. The standard InChI is InChI=1S/C12H15BrO2/c1-8(2)12(13)9-3-4-10-11(7-9)15-6-5-14-10/h3-4,7-8,12H,5-6H2,1-2H3. The van der Waals surface area contributed by atoms with Crippen molar-refractivity contribution in [3.05, 3.63) is 23.8 Å². The number of fused-ring (bicyclic) bond motifs is 1. The minimum absolute atomic E-state index is 0.369. The Morgan fingerprint density at radius 3 is 2.47 bits per heavy atom. The van der Waals surface area contributed by atoms with Crippen LogP contribution in [0.5, 0.6) is 11.5 Å². The van der Waals surface area contributed by atoms with E-state index in [9.17, 15) is 0 Å². The predicted molar refractivity (Wildman–Crippen MR) is 63.9 cm³/mol. The SMILES string of the molecule is CC(C)C(Br)c1ccc2c(c1)OCCO2. The highest BCUT2D eigenvalue weighted by Crippen LogP contribution is 2.37. The summed E-state index contributed by atoms with van der Waals surface area (Å²) in [5.74, 6) is 2.28. The molecule has 0 N–H and O–H groups in total. The summed E-state index contributed by atoms with van der Waals surface area (Å²) in [6.45, 7) is 5.67. The topological polar surface area (TPSA) is 18.5 Å². The first-order valence-corrected chi connectivity index (χ1v) is 6.13. The van der Waals surface area contributed by atoms with Gasteiger partial charge in [-0.3, -0.25) is 0 Å². The molecule has 2 nitrogen and oxygen atoms in total. The van der Waals surface area contributed by atoms with E-state index in [0.29, 0.717) is 24.0 Å². The fraction of sp³-hybridized carbons (Fsp3) is 0.500. The number of hydrogen-bond acceptors (Lipinski definition) is 2. The third kappa shape index (κ3) is 2.28. The first-order chi connectivity index (χ1) is 7.18. The zero-order chi connectivity index (χ0) is 10.8. The molecule has 1 aliphatic rings. The van der Waals surface area contributed by atoms with Crippen LogP contribution in [-0.2, 0) is 0 Å². The van der Waals surface area contributed by atoms with Crippen LogP contribution in [0.3, 0.4) is 0 Å². The van der Waals surface area contributed by atoms with E-state index in [1.54, 1.807) is 0 Å². The summed E-state index contributed by atoms with van der Waals surface area (Å²) in [7, 11) is 0. The second kappa shape index (κ2) is 4.44. The fourth-order valence-electron chi connectivity index (χ4n) is 1.62. The van der Waals surface area contributed by atoms with Crippen molar-refractivity contribution in [2.45, 2.75) is 18.7 Å². The first-order valence-electron chi connectivity index (χ1n) is 5.22. The van der Waals surface area contributed by atoms with Crippen LogP contribution in [0.2, 0.25) is 0 Å². The molecule has 1 heterocycles. The minimum atomic E-state index is 0.369. The maximum absolute atomic E-state index is 5.55. The van der Waals surface area contributed by atoms with Crippen molar-refractivity contribution in [2.24, 2.45) is 5.92 Å². The maximum Gasteiger partial charge on any atom is 0.161 e. The van der Waals surface area contributed by atoms with Gasteiger partial charge in [-0.1, -0.05) is 35.8 Å². The Labute approximate surface area is 98.7 Å². The van der Waals surface area contributed by atoms with Crippen LogP contribution in [0.15, 0.2) is 18.2 Å². The van der Waals surface area contributed by atoms with Crippen LogP contribution < -0.4 is 9.47 Å². The zero-order valence-corrected chi connectivity index (χ0v) is 10.6. The van der Waals surface area contributed by atoms with Gasteiger partial charge in [0.05, 0.1) is 0 Å². The van der Waals surface area contributed by atoms with Crippen LogP contribution in [0.1, 0.15) is 24.2 Å². The molecule has 0 bridgehead atoms. The molecule has 0 saturated carbocycles. The van der Waals surface area contributed by atoms with Crippen LogP contribution in [0.4, 0.5) is 0 Å². The van der Waals surface area contributed by atoms with Gasteiger partial charge in [0, 0.05) is 4.83 Å². The molecule has 0 fully saturated rings. The Hall–Kier alpha value is -0.700. The molecule has 2 rings (SSSR count). The highest BCUT2D eigenvalue weighted by molar-refractivity contribution is 9.09. The molecule has 0 aliphatic carbocycles. The molecule has 0 radical (unpaired) electrons. The van der Waals surface area contributed by atoms with Crippen molar-refractivity contribution in [1.82, 2.24) is 0 Å². The Balaban J connectivity index is 2.27. The third-order valence-corrected chi connectivity index (χ3v) is 4.06. The summed E-state index contributed by atoms with van der Waals surface area (Å²) in [4.78, 5) is 0.369. The van der Waals surface area contributed by atoms with Crippen molar-refractivity contribution in [2.75, 3.05) is 13.2 Å². The lowest BCUT2D eigenvalue weighted by Crippen LogP contribution is -2.15. The minimum Gasteiger partial charge on any atom is -0.486 e. The number of benzene rings is 1. The van der Waals surface area contributed by atoms with Gasteiger partial charge < -0.3 is 9.47 Å². The van der Waals surface area contributed by atoms with Gasteiger partial charge in [-0.15, -0.1) is 0 Å². The van der Waals surface area contributed by atoms with Crippen LogP contribution in [-0.4, -0.2) is 13.2 Å². The van der Waals surface area contributed by atoms with Gasteiger partial charge in [-0.25, -0.2) is 0 Å². The number of halogens is 1. The zero-order valence-electron chi connectivity index (χ0n) is 9.00. The molecule has 0 amide bonds. The van der Waals surface area contributed by atoms with Gasteiger partial charge in [0.1, 0.15) is 13.2 Å². The average Bonchev–Trinajstić information content (AvgIpc) is 2.27. The largest absolute Gasteiger partial charge is 0.486 e. The highest BCUT2D eigenvalue weighted by atomic mass is 79.9. The molecule has 0 aromatic heterocycles. The quantitative estimate of drug-likeness (QED) is 0.766. The molecule has 0 saturated heterocycles. The molecule has 1 aromatic carbocycles. The monoisotopic (exact) mass is 270 g/mol. The number of hydrogen-bond donors (Lipinski definition) is 0. The summed E-state index contributed by atoms with van der Waals surface area (Å²) in [6.07, 6.45) is 0. The number of alkyl halides is 1. The van der Waals surface area contributed by atoms with Crippen LogP contribution in [0.25, 0.3) is 0 Å². The lowest BCUT2D eigenvalue weighted by atomic mass is 10.0. The molecule has 1 unspecified atom stereocenters. The summed E-state index contributed by atoms with van der Waals surface area (Å²) >= 11 is 3.68. The van der Waals surface area contributed by atoms with E-state index in [1.165, 1.54) is 5.56 Å². The van der Waals surface area contributed by atoms with Gasteiger partial charge in [-0.2, -0.15) is 0 Å². The van der Waals surface area contributed by atoms with Crippen molar-refractivity contribution < 1.29 is 9.47 Å². The second-order valence-electron chi connectivity index (χ2n) is 4.05. The lowest BCUT2D eigenvalue weighted by Gasteiger charge is -2.21. The summed E-state index contributed by atoms with van der Waals surface area (Å²) in [6, 6.07) is 6.14. The Morgan fingerprint density at radius 1 is 1.13 bits per heavy atom. The molecule has 15 heavy (non-hydrogen) atoms. The van der Waals surface area contributed by atoms with E-state index < -0.39 is 0 Å². The van der Waals surface area contributed by atoms with E-state index >= 15 is 0 Å². The summed E-state index contributed by atoms with van der Waals surface area (Å²) in [5.41, 5.74) is 1.24. The van der Waals surface area contributed by atoms with E-state index in [1.807, 2.05) is 6.07 Å². The van der Waals surface area contributed by atoms with Crippen LogP contribution >= 0.6 is 15.9 Å². The Morgan fingerprint density at radius 2 is 1.80 bits per heavy atom. The Kier molecular flexibility index (Phi) is 3.19. The summed E-state index contributed by atoms with van der Waals surface area (Å²) in [5, 5.41) is 0. The lowest BCUT2D eigenvalue weighted by molar-refractivity contribution is 0.171. The van der Waals surface area contributed by atoms with Crippen molar-refractivity contribution in [1.29, 1.82) is 0 Å². The van der Waals surface area contributed by atoms with Gasteiger partial charge in [0.2, 0.25) is 0 Å². The van der Waals surface area contributed by atoms with E-state index in [4.69, 9.17) is 9.47 Å². The molecular formula is C12H15BrO2. The van der Waals surface area contributed by atoms with Gasteiger partial charge in [0.15, 0.2) is 11.5 Å². The van der Waals surface area contributed by atoms with Gasteiger partial charge in [-0.05, 0) is 23.6 Å². The van der Waals surface area contributed by atoms with Crippen LogP contribution in [0, 0.1) is 5.92 Å². The third-order valence-electron chi connectivity index (χ3n) is 2.47. The van der Waals surface area contributed by atoms with Crippen molar-refractivity contribution in [3.8, 4) is 11.5 Å².